The Balaban J connectivity index is 1.73. The number of carbonyl (C=O) groups excluding carboxylic acids is 3. The Morgan fingerprint density at radius 1 is 0.971 bits per heavy atom. The molecule has 0 aliphatic carbocycles. The number of benzene rings is 3. The number of ketones is 2. The number of aliphatic hydroxyl groups is 1. The molecule has 1 atom stereocenters. The first-order valence-electron chi connectivity index (χ1n) is 10.4. The van der Waals surface area contributed by atoms with Crippen LogP contribution in [-0.4, -0.2) is 38.2 Å². The first kappa shape index (κ1) is 23.8. The topological polar surface area (TPSA) is 130 Å². The molecule has 1 aliphatic rings. The highest BCUT2D eigenvalue weighted by Gasteiger charge is 2.49. The Kier molecular flexibility index (Phi) is 6.46. The monoisotopic (exact) mass is 491 g/mol. The Morgan fingerprint density at radius 2 is 1.57 bits per heavy atom. The number of nitrogens with one attached hydrogen (secondary N) is 1. The van der Waals surface area contributed by atoms with Gasteiger partial charge in [0.05, 0.1) is 17.0 Å². The van der Waals surface area contributed by atoms with E-state index in [4.69, 9.17) is 11.6 Å². The van der Waals surface area contributed by atoms with Crippen molar-refractivity contribution in [2.24, 2.45) is 0 Å². The lowest BCUT2D eigenvalue weighted by molar-refractivity contribution is -0.384. The third-order valence-electron chi connectivity index (χ3n) is 5.46. The summed E-state index contributed by atoms with van der Waals surface area (Å²) in [5, 5.41) is 23.5. The minimum atomic E-state index is -2.56. The number of nitrogens with zero attached hydrogens (tertiary/aromatic N) is 2. The largest absolute Gasteiger partial charge is 0.363 e. The average Bonchev–Trinajstić information content (AvgIpc) is 2.86. The van der Waals surface area contributed by atoms with Gasteiger partial charge >= 0.3 is 0 Å². The Morgan fingerprint density at radius 3 is 2.17 bits per heavy atom. The van der Waals surface area contributed by atoms with Crippen molar-refractivity contribution in [2.75, 3.05) is 0 Å². The van der Waals surface area contributed by atoms with E-state index in [0.717, 1.165) is 18.2 Å². The number of hydrogen-bond acceptors (Lipinski definition) is 7. The van der Waals surface area contributed by atoms with Crippen LogP contribution in [-0.2, 0) is 4.79 Å². The van der Waals surface area contributed by atoms with Gasteiger partial charge in [-0.2, -0.15) is 0 Å². The number of nitro groups is 1. The molecular formula is C25H18ClN3O6. The fourth-order valence-corrected chi connectivity index (χ4v) is 3.70. The SMILES string of the molecule is O=C(CC1(O)C(=O)C=C(c2ccccc2)NN1C(=O)c1ccc([N+](=O)[O-])cc1)c1ccc(Cl)cc1. The molecule has 3 aromatic rings. The van der Waals surface area contributed by atoms with E-state index in [1.807, 2.05) is 0 Å². The average molecular weight is 492 g/mol. The highest BCUT2D eigenvalue weighted by Crippen LogP contribution is 2.30. The number of halogens is 1. The van der Waals surface area contributed by atoms with Crippen molar-refractivity contribution in [3.63, 3.8) is 0 Å². The molecular weight excluding hydrogens is 474 g/mol. The molecule has 1 unspecified atom stereocenters. The second-order valence-corrected chi connectivity index (χ2v) is 8.20. The van der Waals surface area contributed by atoms with Gasteiger partial charge in [-0.25, -0.2) is 5.01 Å². The van der Waals surface area contributed by atoms with Crippen LogP contribution >= 0.6 is 11.6 Å². The maximum atomic E-state index is 13.4. The molecule has 1 aliphatic heterocycles. The predicted octanol–water partition coefficient (Wildman–Crippen LogP) is 3.78. The van der Waals surface area contributed by atoms with E-state index in [9.17, 15) is 29.6 Å². The summed E-state index contributed by atoms with van der Waals surface area (Å²) in [6.07, 6.45) is 0.391. The first-order valence-corrected chi connectivity index (χ1v) is 10.8. The van der Waals surface area contributed by atoms with E-state index in [-0.39, 0.29) is 22.5 Å². The number of hydrogen-bond donors (Lipinski definition) is 2. The Labute approximate surface area is 204 Å². The van der Waals surface area contributed by atoms with Gasteiger partial charge in [0, 0.05) is 34.4 Å². The molecule has 0 aromatic heterocycles. The van der Waals surface area contributed by atoms with Crippen molar-refractivity contribution in [1.29, 1.82) is 0 Å². The molecule has 10 heteroatoms. The summed E-state index contributed by atoms with van der Waals surface area (Å²) in [7, 11) is 0. The normalized spacial score (nSPS) is 17.4. The molecule has 0 bridgehead atoms. The third kappa shape index (κ3) is 4.81. The number of carbonyl (C=O) groups is 3. The summed E-state index contributed by atoms with van der Waals surface area (Å²) >= 11 is 5.87. The number of rotatable bonds is 6. The highest BCUT2D eigenvalue weighted by atomic mass is 35.5. The minimum absolute atomic E-state index is 0.0393. The van der Waals surface area contributed by atoms with Gasteiger partial charge in [0.25, 0.3) is 11.6 Å². The molecule has 0 fully saturated rings. The Hall–Kier alpha value is -4.34. The standard InChI is InChI=1S/C25H18ClN3O6/c26-19-10-6-17(7-11-19)22(30)15-25(33)23(31)14-21(16-4-2-1-3-5-16)27-28(25)24(32)18-8-12-20(13-9-18)29(34)35/h1-14,27,33H,15H2. The fourth-order valence-electron chi connectivity index (χ4n) is 3.57. The second-order valence-electron chi connectivity index (χ2n) is 7.77. The van der Waals surface area contributed by atoms with Gasteiger partial charge in [0.1, 0.15) is 0 Å². The van der Waals surface area contributed by atoms with E-state index < -0.39 is 34.5 Å². The zero-order valence-electron chi connectivity index (χ0n) is 18.1. The number of amides is 1. The molecule has 0 saturated carbocycles. The first-order chi connectivity index (χ1) is 16.7. The molecule has 3 aromatic carbocycles. The molecule has 1 amide bonds. The van der Waals surface area contributed by atoms with Crippen LogP contribution in [0.1, 0.15) is 32.7 Å². The molecule has 176 valence electrons. The number of non-ortho nitro benzene ring substituents is 1. The molecule has 4 rings (SSSR count). The summed E-state index contributed by atoms with van der Waals surface area (Å²) < 4.78 is 0. The van der Waals surface area contributed by atoms with E-state index >= 15 is 0 Å². The quantitative estimate of drug-likeness (QED) is 0.305. The van der Waals surface area contributed by atoms with Crippen LogP contribution in [0.3, 0.4) is 0 Å². The van der Waals surface area contributed by atoms with Crippen LogP contribution in [0, 0.1) is 10.1 Å². The van der Waals surface area contributed by atoms with Gasteiger partial charge in [0.2, 0.25) is 11.5 Å². The van der Waals surface area contributed by atoms with Gasteiger partial charge in [-0.15, -0.1) is 0 Å². The van der Waals surface area contributed by atoms with Crippen molar-refractivity contribution >= 4 is 40.5 Å². The molecule has 0 spiro atoms. The Bertz CT molecular complexity index is 1340. The van der Waals surface area contributed by atoms with Crippen LogP contribution in [0.2, 0.25) is 5.02 Å². The molecule has 35 heavy (non-hydrogen) atoms. The molecule has 0 radical (unpaired) electrons. The van der Waals surface area contributed by atoms with Crippen molar-refractivity contribution in [3.05, 3.63) is 117 Å². The van der Waals surface area contributed by atoms with Gasteiger partial charge in [0.15, 0.2) is 5.78 Å². The maximum Gasteiger partial charge on any atom is 0.275 e. The smallest absolute Gasteiger partial charge is 0.275 e. The van der Waals surface area contributed by atoms with E-state index in [1.165, 1.54) is 36.4 Å². The lowest BCUT2D eigenvalue weighted by Crippen LogP contribution is -2.64. The van der Waals surface area contributed by atoms with Crippen LogP contribution in [0.4, 0.5) is 5.69 Å². The lowest BCUT2D eigenvalue weighted by atomic mass is 9.93. The summed E-state index contributed by atoms with van der Waals surface area (Å²) in [6.45, 7) is 0. The van der Waals surface area contributed by atoms with E-state index in [0.29, 0.717) is 15.6 Å². The minimum Gasteiger partial charge on any atom is -0.363 e. The second kappa shape index (κ2) is 9.49. The van der Waals surface area contributed by atoms with Crippen molar-refractivity contribution in [1.82, 2.24) is 10.4 Å². The maximum absolute atomic E-state index is 13.4. The van der Waals surface area contributed by atoms with Gasteiger partial charge in [-0.05, 0) is 42.0 Å². The van der Waals surface area contributed by atoms with Crippen LogP contribution < -0.4 is 5.43 Å². The summed E-state index contributed by atoms with van der Waals surface area (Å²) in [4.78, 5) is 49.9. The number of Topliss-reactive ketones (excluding diaryl/α,β-unsaturated/α-hetero) is 1. The van der Waals surface area contributed by atoms with E-state index in [2.05, 4.69) is 5.43 Å². The molecule has 9 nitrogen and oxygen atoms in total. The van der Waals surface area contributed by atoms with Crippen molar-refractivity contribution in [2.45, 2.75) is 12.1 Å². The fraction of sp³-hybridized carbons (Fsp3) is 0.0800. The zero-order valence-corrected chi connectivity index (χ0v) is 18.8. The van der Waals surface area contributed by atoms with Gasteiger partial charge < -0.3 is 5.11 Å². The molecule has 2 N–H and O–H groups in total. The van der Waals surface area contributed by atoms with Gasteiger partial charge in [-0.1, -0.05) is 41.9 Å². The van der Waals surface area contributed by atoms with Crippen LogP contribution in [0.5, 0.6) is 0 Å². The summed E-state index contributed by atoms with van der Waals surface area (Å²) in [5.41, 5.74) is 0.910. The predicted molar refractivity (Wildman–Crippen MR) is 127 cm³/mol. The number of hydrazine groups is 1. The van der Waals surface area contributed by atoms with Crippen molar-refractivity contribution < 1.29 is 24.4 Å². The van der Waals surface area contributed by atoms with Crippen molar-refractivity contribution in [3.8, 4) is 0 Å². The summed E-state index contributed by atoms with van der Waals surface area (Å²) in [6, 6.07) is 19.2. The van der Waals surface area contributed by atoms with Crippen LogP contribution in [0.25, 0.3) is 5.70 Å². The highest BCUT2D eigenvalue weighted by molar-refractivity contribution is 6.30. The molecule has 0 saturated heterocycles. The molecule has 1 heterocycles. The lowest BCUT2D eigenvalue weighted by Gasteiger charge is -2.41. The number of nitro benzene ring substituents is 1. The van der Waals surface area contributed by atoms with Crippen LogP contribution in [0.15, 0.2) is 84.9 Å². The zero-order chi connectivity index (χ0) is 25.2. The summed E-state index contributed by atoms with van der Waals surface area (Å²) in [5.74, 6) is -2.34. The van der Waals surface area contributed by atoms with E-state index in [1.54, 1.807) is 30.3 Å². The van der Waals surface area contributed by atoms with Gasteiger partial charge in [-0.3, -0.25) is 29.9 Å². The third-order valence-corrected chi connectivity index (χ3v) is 5.71.